The highest BCUT2D eigenvalue weighted by Crippen LogP contribution is 2.14. The molecule has 0 saturated heterocycles. The van der Waals surface area contributed by atoms with E-state index >= 15 is 0 Å². The van der Waals surface area contributed by atoms with Crippen LogP contribution < -0.4 is 16.5 Å². The predicted molar refractivity (Wildman–Crippen MR) is 77.2 cm³/mol. The van der Waals surface area contributed by atoms with Crippen LogP contribution >= 0.6 is 0 Å². The van der Waals surface area contributed by atoms with Crippen LogP contribution in [0.1, 0.15) is 0 Å². The molecular formula is C13H13N3O3S. The second kappa shape index (κ2) is 6.80. The molecule has 0 bridgehead atoms. The average Bonchev–Trinajstić information content (AvgIpc) is 2.47. The van der Waals surface area contributed by atoms with Crippen LogP contribution in [0.15, 0.2) is 59.5 Å². The lowest BCUT2D eigenvalue weighted by Crippen LogP contribution is -2.19. The van der Waals surface area contributed by atoms with E-state index in [1.165, 1.54) is 6.07 Å². The van der Waals surface area contributed by atoms with Crippen LogP contribution in [0.5, 0.6) is 0 Å². The van der Waals surface area contributed by atoms with Crippen LogP contribution in [0, 0.1) is 0 Å². The average molecular weight is 291 g/mol. The van der Waals surface area contributed by atoms with Crippen molar-refractivity contribution in [3.8, 4) is 0 Å². The van der Waals surface area contributed by atoms with Crippen molar-refractivity contribution in [2.75, 3.05) is 10.6 Å². The smallest absolute Gasteiger partial charge is 0.308 e. The van der Waals surface area contributed by atoms with Gasteiger partial charge in [0.25, 0.3) is 0 Å². The number of carbonyl (C=O) groups is 1. The Hall–Kier alpha value is -2.22. The highest BCUT2D eigenvalue weighted by molar-refractivity contribution is 7.80. The number of nitrogens with two attached hydrogens (primary N) is 1. The molecule has 2 rings (SSSR count). The van der Waals surface area contributed by atoms with Crippen molar-refractivity contribution in [2.24, 2.45) is 5.90 Å². The third-order valence-corrected chi connectivity index (χ3v) is 3.22. The summed E-state index contributed by atoms with van der Waals surface area (Å²) in [5.41, 5.74) is 1.16. The third kappa shape index (κ3) is 3.89. The Labute approximate surface area is 118 Å². The first-order valence-electron chi connectivity index (χ1n) is 5.71. The Balaban J connectivity index is 2.03. The first-order valence-corrected chi connectivity index (χ1v) is 6.78. The van der Waals surface area contributed by atoms with Crippen LogP contribution in [-0.2, 0) is 15.4 Å². The van der Waals surface area contributed by atoms with Gasteiger partial charge in [-0.25, -0.2) is 9.00 Å². The molecule has 0 aliphatic rings. The van der Waals surface area contributed by atoms with Gasteiger partial charge >= 0.3 is 6.03 Å². The summed E-state index contributed by atoms with van der Waals surface area (Å²) in [6.45, 7) is 0. The summed E-state index contributed by atoms with van der Waals surface area (Å²) in [4.78, 5) is 12.1. The Morgan fingerprint density at radius 3 is 2.35 bits per heavy atom. The van der Waals surface area contributed by atoms with Crippen LogP contribution in [0.2, 0.25) is 0 Å². The minimum absolute atomic E-state index is 0.366. The first-order chi connectivity index (χ1) is 9.69. The molecule has 1 unspecified atom stereocenters. The summed E-state index contributed by atoms with van der Waals surface area (Å²) in [5.74, 6) is 4.86. The van der Waals surface area contributed by atoms with Crippen molar-refractivity contribution in [3.05, 3.63) is 54.6 Å². The van der Waals surface area contributed by atoms with E-state index in [0.717, 1.165) is 0 Å². The summed E-state index contributed by atoms with van der Waals surface area (Å²) in [6, 6.07) is 15.1. The third-order valence-electron chi connectivity index (χ3n) is 2.40. The van der Waals surface area contributed by atoms with E-state index in [0.29, 0.717) is 16.3 Å². The number of urea groups is 1. The molecule has 0 heterocycles. The zero-order chi connectivity index (χ0) is 14.4. The van der Waals surface area contributed by atoms with Gasteiger partial charge in [-0.3, -0.25) is 0 Å². The summed E-state index contributed by atoms with van der Waals surface area (Å²) < 4.78 is 15.6. The van der Waals surface area contributed by atoms with E-state index in [4.69, 9.17) is 5.90 Å². The number of hydrogen-bond donors (Lipinski definition) is 3. The van der Waals surface area contributed by atoms with Crippen molar-refractivity contribution in [2.45, 2.75) is 4.90 Å². The molecule has 0 spiro atoms. The van der Waals surface area contributed by atoms with Gasteiger partial charge in [0.2, 0.25) is 11.1 Å². The topological polar surface area (TPSA) is 93.4 Å². The SMILES string of the molecule is NOS(=O)c1cccc(NC(=O)Nc2ccccc2)c1. The summed E-state index contributed by atoms with van der Waals surface area (Å²) >= 11 is -1.75. The number of benzene rings is 2. The molecule has 0 fully saturated rings. The number of anilines is 2. The standard InChI is InChI=1S/C13H13N3O3S/c14-19-20(18)12-8-4-7-11(9-12)16-13(17)15-10-5-2-1-3-6-10/h1-9H,14H2,(H2,15,16,17). The minimum atomic E-state index is -1.75. The number of hydrogen-bond acceptors (Lipinski definition) is 4. The van der Waals surface area contributed by atoms with Gasteiger partial charge in [-0.05, 0) is 30.3 Å². The van der Waals surface area contributed by atoms with Gasteiger partial charge in [-0.15, -0.1) is 0 Å². The second-order valence-electron chi connectivity index (χ2n) is 3.80. The Morgan fingerprint density at radius 1 is 1.00 bits per heavy atom. The van der Waals surface area contributed by atoms with E-state index < -0.39 is 17.1 Å². The number of nitrogens with one attached hydrogen (secondary N) is 2. The maximum Gasteiger partial charge on any atom is 0.323 e. The maximum atomic E-state index is 11.8. The second-order valence-corrected chi connectivity index (χ2v) is 4.94. The molecule has 104 valence electrons. The van der Waals surface area contributed by atoms with Gasteiger partial charge in [0.1, 0.15) is 0 Å². The maximum absolute atomic E-state index is 11.8. The van der Waals surface area contributed by atoms with Crippen molar-refractivity contribution < 1.29 is 13.3 Å². The van der Waals surface area contributed by atoms with Gasteiger partial charge in [0.15, 0.2) is 0 Å². The molecule has 6 nitrogen and oxygen atoms in total. The summed E-state index contributed by atoms with van der Waals surface area (Å²) in [5, 5.41) is 5.30. The van der Waals surface area contributed by atoms with E-state index in [1.54, 1.807) is 30.3 Å². The molecule has 1 atom stereocenters. The molecule has 20 heavy (non-hydrogen) atoms. The molecule has 2 amide bonds. The van der Waals surface area contributed by atoms with Gasteiger partial charge in [-0.2, -0.15) is 10.2 Å². The largest absolute Gasteiger partial charge is 0.323 e. The molecule has 0 aliphatic heterocycles. The fourth-order valence-electron chi connectivity index (χ4n) is 1.55. The molecular weight excluding hydrogens is 278 g/mol. The van der Waals surface area contributed by atoms with Crippen molar-refractivity contribution in [1.82, 2.24) is 0 Å². The number of para-hydroxylation sites is 1. The lowest BCUT2D eigenvalue weighted by molar-refractivity contribution is 0.262. The van der Waals surface area contributed by atoms with E-state index in [2.05, 4.69) is 14.9 Å². The summed E-state index contributed by atoms with van der Waals surface area (Å²) in [7, 11) is 0. The van der Waals surface area contributed by atoms with Crippen molar-refractivity contribution in [1.29, 1.82) is 0 Å². The van der Waals surface area contributed by atoms with Gasteiger partial charge in [-0.1, -0.05) is 24.3 Å². The number of amides is 2. The number of rotatable bonds is 4. The lowest BCUT2D eigenvalue weighted by Gasteiger charge is -2.08. The molecule has 0 aliphatic carbocycles. The molecule has 2 aromatic carbocycles. The highest BCUT2D eigenvalue weighted by Gasteiger charge is 2.06. The van der Waals surface area contributed by atoms with Crippen LogP contribution in [0.25, 0.3) is 0 Å². The fraction of sp³-hybridized carbons (Fsp3) is 0. The van der Waals surface area contributed by atoms with E-state index in [-0.39, 0.29) is 0 Å². The zero-order valence-corrected chi connectivity index (χ0v) is 11.2. The minimum Gasteiger partial charge on any atom is -0.308 e. The van der Waals surface area contributed by atoms with Crippen LogP contribution in [-0.4, -0.2) is 10.2 Å². The van der Waals surface area contributed by atoms with Crippen molar-refractivity contribution >= 4 is 28.5 Å². The molecule has 0 radical (unpaired) electrons. The molecule has 4 N–H and O–H groups in total. The zero-order valence-electron chi connectivity index (χ0n) is 10.4. The quantitative estimate of drug-likeness (QED) is 0.753. The fourth-order valence-corrected chi connectivity index (χ4v) is 2.07. The normalized spacial score (nSPS) is 11.7. The van der Waals surface area contributed by atoms with Crippen LogP contribution in [0.3, 0.4) is 0 Å². The monoisotopic (exact) mass is 291 g/mol. The Morgan fingerprint density at radius 2 is 1.65 bits per heavy atom. The molecule has 0 saturated carbocycles. The molecule has 2 aromatic rings. The van der Waals surface area contributed by atoms with Crippen molar-refractivity contribution in [3.63, 3.8) is 0 Å². The van der Waals surface area contributed by atoms with Gasteiger partial charge < -0.3 is 10.6 Å². The number of carbonyl (C=O) groups excluding carboxylic acids is 1. The Bertz CT molecular complexity index is 619. The highest BCUT2D eigenvalue weighted by atomic mass is 32.2. The molecule has 7 heteroatoms. The molecule has 0 aromatic heterocycles. The predicted octanol–water partition coefficient (Wildman–Crippen LogP) is 2.24. The van der Waals surface area contributed by atoms with Crippen LogP contribution in [0.4, 0.5) is 16.2 Å². The first kappa shape index (κ1) is 14.2. The van der Waals surface area contributed by atoms with Gasteiger partial charge in [0.05, 0.1) is 4.90 Å². The van der Waals surface area contributed by atoms with E-state index in [1.807, 2.05) is 18.2 Å². The summed E-state index contributed by atoms with van der Waals surface area (Å²) in [6.07, 6.45) is 0. The lowest BCUT2D eigenvalue weighted by atomic mass is 10.3. The van der Waals surface area contributed by atoms with E-state index in [9.17, 15) is 9.00 Å². The Kier molecular flexibility index (Phi) is 4.83. The van der Waals surface area contributed by atoms with Gasteiger partial charge in [0, 0.05) is 11.4 Å².